The number of halogens is 1. The molecule has 2 aromatic carbocycles. The van der Waals surface area contributed by atoms with Crippen molar-refractivity contribution in [2.24, 2.45) is 0 Å². The molecule has 1 aromatic heterocycles. The second kappa shape index (κ2) is 5.05. The van der Waals surface area contributed by atoms with E-state index in [9.17, 15) is 8.42 Å². The van der Waals surface area contributed by atoms with E-state index in [-0.39, 0.29) is 16.5 Å². The van der Waals surface area contributed by atoms with Gasteiger partial charge in [-0.3, -0.25) is 0 Å². The summed E-state index contributed by atoms with van der Waals surface area (Å²) in [5, 5.41) is 0.362. The van der Waals surface area contributed by atoms with Gasteiger partial charge in [0.1, 0.15) is 11.3 Å². The van der Waals surface area contributed by atoms with Crippen molar-refractivity contribution >= 4 is 38.2 Å². The molecule has 0 unspecified atom stereocenters. The first-order valence-corrected chi connectivity index (χ1v) is 8.10. The second-order valence-electron chi connectivity index (χ2n) is 4.55. The molecule has 0 bridgehead atoms. The standard InChI is InChI=1S/C14H11ClN2O3S/c15-9-2-1-3-11(6-9)21(18,19)8-14-17-12-7-10(16)4-5-13(12)20-14/h1-7H,8,16H2. The molecule has 2 N–H and O–H groups in total. The number of nitrogens with two attached hydrogens (primary N) is 1. The Balaban J connectivity index is 1.97. The van der Waals surface area contributed by atoms with Crippen LogP contribution in [-0.2, 0) is 15.6 Å². The fourth-order valence-electron chi connectivity index (χ4n) is 1.96. The van der Waals surface area contributed by atoms with Crippen LogP contribution in [0.1, 0.15) is 5.89 Å². The van der Waals surface area contributed by atoms with Crippen LogP contribution in [0.25, 0.3) is 11.1 Å². The molecule has 0 spiro atoms. The van der Waals surface area contributed by atoms with Crippen LogP contribution in [0.2, 0.25) is 5.02 Å². The van der Waals surface area contributed by atoms with Gasteiger partial charge in [-0.15, -0.1) is 0 Å². The highest BCUT2D eigenvalue weighted by atomic mass is 35.5. The molecular formula is C14H11ClN2O3S. The highest BCUT2D eigenvalue weighted by molar-refractivity contribution is 7.90. The molecule has 1 heterocycles. The summed E-state index contributed by atoms with van der Waals surface area (Å²) >= 11 is 5.82. The van der Waals surface area contributed by atoms with Gasteiger partial charge in [0.15, 0.2) is 15.4 Å². The van der Waals surface area contributed by atoms with Crippen LogP contribution in [0.4, 0.5) is 5.69 Å². The molecule has 0 saturated heterocycles. The third kappa shape index (κ3) is 2.86. The van der Waals surface area contributed by atoms with Crippen molar-refractivity contribution in [2.45, 2.75) is 10.6 Å². The Labute approximate surface area is 126 Å². The number of hydrogen-bond acceptors (Lipinski definition) is 5. The average Bonchev–Trinajstić information content (AvgIpc) is 2.79. The number of rotatable bonds is 3. The molecule has 5 nitrogen and oxygen atoms in total. The number of anilines is 1. The van der Waals surface area contributed by atoms with Crippen molar-refractivity contribution in [3.05, 3.63) is 53.4 Å². The first kappa shape index (κ1) is 13.9. The van der Waals surface area contributed by atoms with Gasteiger partial charge in [-0.05, 0) is 36.4 Å². The number of nitrogen functional groups attached to an aromatic ring is 1. The van der Waals surface area contributed by atoms with Gasteiger partial charge in [-0.1, -0.05) is 17.7 Å². The Kier molecular flexibility index (Phi) is 3.35. The lowest BCUT2D eigenvalue weighted by atomic mass is 10.3. The molecular weight excluding hydrogens is 312 g/mol. The molecule has 0 fully saturated rings. The minimum absolute atomic E-state index is 0.121. The van der Waals surface area contributed by atoms with E-state index in [2.05, 4.69) is 4.98 Å². The molecule has 0 aliphatic carbocycles. The largest absolute Gasteiger partial charge is 0.440 e. The SMILES string of the molecule is Nc1ccc2oc(CS(=O)(=O)c3cccc(Cl)c3)nc2c1. The van der Waals surface area contributed by atoms with Gasteiger partial charge in [-0.2, -0.15) is 0 Å². The van der Waals surface area contributed by atoms with Crippen LogP contribution in [0.15, 0.2) is 51.8 Å². The first-order valence-electron chi connectivity index (χ1n) is 6.07. The van der Waals surface area contributed by atoms with Gasteiger partial charge in [0.05, 0.1) is 4.90 Å². The lowest BCUT2D eigenvalue weighted by Gasteiger charge is -2.01. The zero-order valence-corrected chi connectivity index (χ0v) is 12.4. The summed E-state index contributed by atoms with van der Waals surface area (Å²) in [6.07, 6.45) is 0. The van der Waals surface area contributed by atoms with Crippen molar-refractivity contribution in [1.82, 2.24) is 4.98 Å². The Morgan fingerprint density at radius 2 is 2.00 bits per heavy atom. The molecule has 108 valence electrons. The van der Waals surface area contributed by atoms with Crippen LogP contribution in [0, 0.1) is 0 Å². The molecule has 21 heavy (non-hydrogen) atoms. The van der Waals surface area contributed by atoms with Crippen LogP contribution >= 0.6 is 11.6 Å². The molecule has 0 amide bonds. The van der Waals surface area contributed by atoms with E-state index in [1.54, 1.807) is 30.3 Å². The quantitative estimate of drug-likeness (QED) is 0.749. The number of nitrogens with zero attached hydrogens (tertiary/aromatic N) is 1. The van der Waals surface area contributed by atoms with E-state index in [1.165, 1.54) is 12.1 Å². The summed E-state index contributed by atoms with van der Waals surface area (Å²) in [5.74, 6) is -0.211. The van der Waals surface area contributed by atoms with E-state index in [1.807, 2.05) is 0 Å². The maximum absolute atomic E-state index is 12.3. The first-order chi connectivity index (χ1) is 9.94. The number of aromatic nitrogens is 1. The molecule has 7 heteroatoms. The van der Waals surface area contributed by atoms with Gasteiger partial charge >= 0.3 is 0 Å². The highest BCUT2D eigenvalue weighted by Gasteiger charge is 2.19. The Morgan fingerprint density at radius 3 is 2.76 bits per heavy atom. The van der Waals surface area contributed by atoms with Crippen LogP contribution in [0.3, 0.4) is 0 Å². The lowest BCUT2D eigenvalue weighted by Crippen LogP contribution is -2.05. The molecule has 3 aromatic rings. The van der Waals surface area contributed by atoms with Crippen LogP contribution in [-0.4, -0.2) is 13.4 Å². The average molecular weight is 323 g/mol. The third-order valence-corrected chi connectivity index (χ3v) is 4.76. The van der Waals surface area contributed by atoms with Gasteiger partial charge in [0.25, 0.3) is 0 Å². The predicted octanol–water partition coefficient (Wildman–Crippen LogP) is 3.04. The van der Waals surface area contributed by atoms with Gasteiger partial charge in [-0.25, -0.2) is 13.4 Å². The Hall–Kier alpha value is -2.05. The zero-order valence-electron chi connectivity index (χ0n) is 10.8. The summed E-state index contributed by atoms with van der Waals surface area (Å²) in [6.45, 7) is 0. The van der Waals surface area contributed by atoms with Gasteiger partial charge in [0, 0.05) is 10.7 Å². The molecule has 0 aliphatic rings. The Bertz CT molecular complexity index is 919. The summed E-state index contributed by atoms with van der Waals surface area (Å²) in [4.78, 5) is 4.28. The summed E-state index contributed by atoms with van der Waals surface area (Å²) in [5.41, 5.74) is 7.23. The van der Waals surface area contributed by atoms with Crippen LogP contribution in [0.5, 0.6) is 0 Å². The van der Waals surface area contributed by atoms with Crippen molar-refractivity contribution in [3.63, 3.8) is 0 Å². The smallest absolute Gasteiger partial charge is 0.211 e. The number of hydrogen-bond donors (Lipinski definition) is 1. The van der Waals surface area contributed by atoms with Crippen molar-refractivity contribution in [3.8, 4) is 0 Å². The number of fused-ring (bicyclic) bond motifs is 1. The molecule has 0 saturated carbocycles. The molecule has 0 aliphatic heterocycles. The number of sulfone groups is 1. The maximum atomic E-state index is 12.3. The van der Waals surface area contributed by atoms with E-state index in [4.69, 9.17) is 21.8 Å². The Morgan fingerprint density at radius 1 is 1.19 bits per heavy atom. The fourth-order valence-corrected chi connectivity index (χ4v) is 3.42. The van der Waals surface area contributed by atoms with Crippen molar-refractivity contribution < 1.29 is 12.8 Å². The molecule has 0 atom stereocenters. The zero-order chi connectivity index (χ0) is 15.0. The number of oxazole rings is 1. The van der Waals surface area contributed by atoms with Crippen LogP contribution < -0.4 is 5.73 Å². The van der Waals surface area contributed by atoms with Crippen molar-refractivity contribution in [2.75, 3.05) is 5.73 Å². The molecule has 3 rings (SSSR count). The van der Waals surface area contributed by atoms with E-state index in [0.717, 1.165) is 0 Å². The maximum Gasteiger partial charge on any atom is 0.211 e. The van der Waals surface area contributed by atoms with E-state index >= 15 is 0 Å². The fraction of sp³-hybridized carbons (Fsp3) is 0.0714. The van der Waals surface area contributed by atoms with Gasteiger partial charge in [0.2, 0.25) is 5.89 Å². The third-order valence-electron chi connectivity index (χ3n) is 2.92. The predicted molar refractivity (Wildman–Crippen MR) is 80.8 cm³/mol. The normalized spacial score (nSPS) is 11.9. The summed E-state index contributed by atoms with van der Waals surface area (Å²) < 4.78 is 30.1. The number of benzene rings is 2. The van der Waals surface area contributed by atoms with Crippen molar-refractivity contribution in [1.29, 1.82) is 0 Å². The highest BCUT2D eigenvalue weighted by Crippen LogP contribution is 2.23. The second-order valence-corrected chi connectivity index (χ2v) is 6.98. The summed E-state index contributed by atoms with van der Waals surface area (Å²) in [6, 6.07) is 11.1. The van der Waals surface area contributed by atoms with E-state index < -0.39 is 9.84 Å². The minimum atomic E-state index is -3.57. The monoisotopic (exact) mass is 322 g/mol. The topological polar surface area (TPSA) is 86.2 Å². The van der Waals surface area contributed by atoms with E-state index in [0.29, 0.717) is 21.8 Å². The van der Waals surface area contributed by atoms with Gasteiger partial charge < -0.3 is 10.2 Å². The molecule has 0 radical (unpaired) electrons. The lowest BCUT2D eigenvalue weighted by molar-refractivity contribution is 0.540. The minimum Gasteiger partial charge on any atom is -0.440 e. The summed E-state index contributed by atoms with van der Waals surface area (Å²) in [7, 11) is -3.57.